The molecular formula is C18H18ClN3O5. The number of ether oxygens (including phenoxy) is 2. The number of piperidine rings is 1. The Morgan fingerprint density at radius 1 is 1.26 bits per heavy atom. The Bertz CT molecular complexity index is 889. The van der Waals surface area contributed by atoms with Crippen molar-refractivity contribution in [3.05, 3.63) is 40.2 Å². The largest absolute Gasteiger partial charge is 0.454 e. The van der Waals surface area contributed by atoms with Crippen LogP contribution in [0.25, 0.3) is 0 Å². The number of aryl methyl sites for hydroxylation is 1. The third kappa shape index (κ3) is 3.44. The summed E-state index contributed by atoms with van der Waals surface area (Å²) in [5, 5.41) is 6.95. The van der Waals surface area contributed by atoms with Crippen molar-refractivity contribution < 1.29 is 23.6 Å². The summed E-state index contributed by atoms with van der Waals surface area (Å²) < 4.78 is 15.5. The molecular weight excluding hydrogens is 374 g/mol. The second kappa shape index (κ2) is 7.11. The molecule has 0 bridgehead atoms. The van der Waals surface area contributed by atoms with E-state index in [2.05, 4.69) is 10.5 Å². The average molecular weight is 392 g/mol. The number of nitrogens with zero attached hydrogens (tertiary/aromatic N) is 2. The number of aromatic nitrogens is 1. The van der Waals surface area contributed by atoms with Gasteiger partial charge in [0.25, 0.3) is 11.8 Å². The summed E-state index contributed by atoms with van der Waals surface area (Å²) >= 11 is 6.16. The van der Waals surface area contributed by atoms with E-state index in [0.29, 0.717) is 59.3 Å². The van der Waals surface area contributed by atoms with E-state index >= 15 is 0 Å². The van der Waals surface area contributed by atoms with Crippen LogP contribution in [0.2, 0.25) is 5.02 Å². The second-order valence-corrected chi connectivity index (χ2v) is 6.93. The molecule has 0 saturated carbocycles. The maximum Gasteiger partial charge on any atom is 0.256 e. The number of benzene rings is 1. The monoisotopic (exact) mass is 391 g/mol. The summed E-state index contributed by atoms with van der Waals surface area (Å²) in [5.41, 5.74) is 0.898. The van der Waals surface area contributed by atoms with E-state index < -0.39 is 0 Å². The number of fused-ring (bicyclic) bond motifs is 1. The van der Waals surface area contributed by atoms with Crippen molar-refractivity contribution >= 4 is 23.4 Å². The molecule has 1 N–H and O–H groups in total. The predicted molar refractivity (Wildman–Crippen MR) is 95.2 cm³/mol. The predicted octanol–water partition coefficient (Wildman–Crippen LogP) is 2.40. The molecule has 2 aromatic rings. The van der Waals surface area contributed by atoms with Crippen LogP contribution in [0.5, 0.6) is 11.5 Å². The quantitative estimate of drug-likeness (QED) is 0.863. The highest BCUT2D eigenvalue weighted by Gasteiger charge is 2.28. The lowest BCUT2D eigenvalue weighted by molar-refractivity contribution is 0.0697. The molecule has 142 valence electrons. The first-order valence-corrected chi connectivity index (χ1v) is 9.01. The maximum atomic E-state index is 12.8. The van der Waals surface area contributed by atoms with E-state index in [0.717, 1.165) is 0 Å². The third-order valence-electron chi connectivity index (χ3n) is 4.79. The van der Waals surface area contributed by atoms with E-state index in [1.54, 1.807) is 24.0 Å². The zero-order valence-electron chi connectivity index (χ0n) is 14.7. The van der Waals surface area contributed by atoms with Crippen LogP contribution in [0.4, 0.5) is 0 Å². The van der Waals surface area contributed by atoms with Gasteiger partial charge in [-0.1, -0.05) is 16.8 Å². The normalized spacial score (nSPS) is 16.4. The van der Waals surface area contributed by atoms with Crippen LogP contribution in [0.1, 0.15) is 39.3 Å². The second-order valence-electron chi connectivity index (χ2n) is 6.53. The maximum absolute atomic E-state index is 12.8. The molecule has 2 amide bonds. The Hall–Kier alpha value is -2.74. The topological polar surface area (TPSA) is 93.9 Å². The number of nitrogens with one attached hydrogen (secondary N) is 1. The molecule has 2 aliphatic rings. The number of halogens is 1. The number of hydrogen-bond donors (Lipinski definition) is 1. The van der Waals surface area contributed by atoms with Crippen molar-refractivity contribution in [3.8, 4) is 11.5 Å². The Kier molecular flexibility index (Phi) is 4.65. The zero-order valence-corrected chi connectivity index (χ0v) is 15.4. The van der Waals surface area contributed by atoms with E-state index in [-0.39, 0.29) is 24.6 Å². The van der Waals surface area contributed by atoms with E-state index in [4.69, 9.17) is 25.6 Å². The molecule has 3 heterocycles. The zero-order chi connectivity index (χ0) is 19.0. The van der Waals surface area contributed by atoms with Crippen molar-refractivity contribution in [2.45, 2.75) is 25.8 Å². The van der Waals surface area contributed by atoms with Gasteiger partial charge in [0.05, 0.1) is 11.2 Å². The molecule has 1 aromatic heterocycles. The number of carbonyl (C=O) groups is 2. The molecule has 0 radical (unpaired) electrons. The molecule has 27 heavy (non-hydrogen) atoms. The number of hydrogen-bond acceptors (Lipinski definition) is 6. The van der Waals surface area contributed by atoms with Crippen LogP contribution in [0.15, 0.2) is 22.9 Å². The summed E-state index contributed by atoms with van der Waals surface area (Å²) in [5.74, 6) is 1.12. The Labute approximate surface area is 160 Å². The lowest BCUT2D eigenvalue weighted by Crippen LogP contribution is -2.46. The van der Waals surface area contributed by atoms with Crippen LogP contribution in [0.3, 0.4) is 0 Å². The van der Waals surface area contributed by atoms with Crippen molar-refractivity contribution in [1.82, 2.24) is 15.4 Å². The van der Waals surface area contributed by atoms with Gasteiger partial charge in [-0.25, -0.2) is 0 Å². The van der Waals surface area contributed by atoms with Gasteiger partial charge in [0, 0.05) is 24.7 Å². The van der Waals surface area contributed by atoms with E-state index in [1.165, 1.54) is 6.20 Å². The van der Waals surface area contributed by atoms with Crippen molar-refractivity contribution in [2.75, 3.05) is 19.9 Å². The van der Waals surface area contributed by atoms with Crippen LogP contribution in [-0.4, -0.2) is 47.8 Å². The first-order valence-electron chi connectivity index (χ1n) is 8.63. The molecule has 4 rings (SSSR count). The van der Waals surface area contributed by atoms with Crippen LogP contribution in [0, 0.1) is 6.92 Å². The van der Waals surface area contributed by atoms with Crippen LogP contribution < -0.4 is 14.8 Å². The lowest BCUT2D eigenvalue weighted by Gasteiger charge is -2.32. The van der Waals surface area contributed by atoms with Gasteiger partial charge in [0.15, 0.2) is 11.5 Å². The third-order valence-corrected chi connectivity index (χ3v) is 5.07. The van der Waals surface area contributed by atoms with Crippen molar-refractivity contribution in [3.63, 3.8) is 0 Å². The van der Waals surface area contributed by atoms with E-state index in [9.17, 15) is 9.59 Å². The first kappa shape index (κ1) is 17.7. The molecule has 1 aromatic carbocycles. The molecule has 2 aliphatic heterocycles. The highest BCUT2D eigenvalue weighted by molar-refractivity contribution is 6.32. The molecule has 8 nitrogen and oxygen atoms in total. The average Bonchev–Trinajstić information content (AvgIpc) is 3.30. The number of likely N-dealkylation sites (tertiary alicyclic amines) is 1. The van der Waals surface area contributed by atoms with Gasteiger partial charge in [0.1, 0.15) is 11.3 Å². The summed E-state index contributed by atoms with van der Waals surface area (Å²) in [7, 11) is 0. The van der Waals surface area contributed by atoms with Gasteiger partial charge in [-0.3, -0.25) is 9.59 Å². The van der Waals surface area contributed by atoms with Gasteiger partial charge in [-0.15, -0.1) is 0 Å². The standard InChI is InChI=1S/C18H18ClN3O5/c1-10-13(8-20-27-10)17(23)21-12-2-4-22(5-3-12)18(24)11-6-14(19)16-15(7-11)25-9-26-16/h6-8,12H,2-5,9H2,1H3,(H,21,23). The Morgan fingerprint density at radius 2 is 2.04 bits per heavy atom. The molecule has 9 heteroatoms. The summed E-state index contributed by atoms with van der Waals surface area (Å²) in [4.78, 5) is 26.8. The van der Waals surface area contributed by atoms with Crippen LogP contribution >= 0.6 is 11.6 Å². The fraction of sp³-hybridized carbons (Fsp3) is 0.389. The summed E-state index contributed by atoms with van der Waals surface area (Å²) in [6.07, 6.45) is 2.74. The Morgan fingerprint density at radius 3 is 2.74 bits per heavy atom. The highest BCUT2D eigenvalue weighted by atomic mass is 35.5. The van der Waals surface area contributed by atoms with Gasteiger partial charge in [0.2, 0.25) is 6.79 Å². The van der Waals surface area contributed by atoms with Gasteiger partial charge in [-0.05, 0) is 31.9 Å². The van der Waals surface area contributed by atoms with Gasteiger partial charge < -0.3 is 24.2 Å². The lowest BCUT2D eigenvalue weighted by atomic mass is 10.0. The minimum Gasteiger partial charge on any atom is -0.454 e. The van der Waals surface area contributed by atoms with Crippen molar-refractivity contribution in [1.29, 1.82) is 0 Å². The van der Waals surface area contributed by atoms with E-state index in [1.807, 2.05) is 0 Å². The molecule has 0 unspecified atom stereocenters. The minimum absolute atomic E-state index is 0.00353. The molecule has 1 saturated heterocycles. The first-order chi connectivity index (χ1) is 13.0. The minimum atomic E-state index is -0.207. The fourth-order valence-electron chi connectivity index (χ4n) is 3.28. The molecule has 0 atom stereocenters. The van der Waals surface area contributed by atoms with Crippen LogP contribution in [-0.2, 0) is 0 Å². The summed E-state index contributed by atoms with van der Waals surface area (Å²) in [6, 6.07) is 3.25. The van der Waals surface area contributed by atoms with Gasteiger partial charge in [-0.2, -0.15) is 0 Å². The van der Waals surface area contributed by atoms with Crippen molar-refractivity contribution in [2.24, 2.45) is 0 Å². The molecule has 0 aliphatic carbocycles. The fourth-order valence-corrected chi connectivity index (χ4v) is 3.55. The smallest absolute Gasteiger partial charge is 0.256 e. The number of carbonyl (C=O) groups excluding carboxylic acids is 2. The summed E-state index contributed by atoms with van der Waals surface area (Å²) in [6.45, 7) is 2.88. The molecule has 0 spiro atoms. The van der Waals surface area contributed by atoms with Gasteiger partial charge >= 0.3 is 0 Å². The Balaban J connectivity index is 1.37. The number of amides is 2. The highest BCUT2D eigenvalue weighted by Crippen LogP contribution is 2.40. The SMILES string of the molecule is Cc1oncc1C(=O)NC1CCN(C(=O)c2cc(Cl)c3c(c2)OCO3)CC1. The molecule has 1 fully saturated rings. The number of rotatable bonds is 3.